The van der Waals surface area contributed by atoms with E-state index in [1.165, 1.54) is 31.4 Å². The first kappa shape index (κ1) is 11.9. The molecule has 3 heteroatoms. The number of rotatable bonds is 2. The lowest BCUT2D eigenvalue weighted by atomic mass is 9.94. The number of aromatic nitrogens is 1. The van der Waals surface area contributed by atoms with Gasteiger partial charge in [0, 0.05) is 35.5 Å². The van der Waals surface area contributed by atoms with Gasteiger partial charge in [-0.15, -0.1) is 0 Å². The van der Waals surface area contributed by atoms with Crippen LogP contribution in [-0.2, 0) is 0 Å². The molecule has 1 heterocycles. The summed E-state index contributed by atoms with van der Waals surface area (Å²) in [5.41, 5.74) is 2.37. The van der Waals surface area contributed by atoms with E-state index in [0.29, 0.717) is 10.9 Å². The van der Waals surface area contributed by atoms with Crippen molar-refractivity contribution in [2.75, 3.05) is 11.9 Å². The Balaban J connectivity index is 2.14. The number of halogens is 1. The van der Waals surface area contributed by atoms with Crippen LogP contribution in [0.25, 0.3) is 0 Å². The highest BCUT2D eigenvalue weighted by atomic mass is 79.9. The highest BCUT2D eigenvalue weighted by Gasteiger charge is 2.26. The van der Waals surface area contributed by atoms with Crippen molar-refractivity contribution < 1.29 is 0 Å². The minimum Gasteiger partial charge on any atom is -0.370 e. The van der Waals surface area contributed by atoms with E-state index in [9.17, 15) is 0 Å². The van der Waals surface area contributed by atoms with Crippen LogP contribution >= 0.6 is 15.9 Å². The van der Waals surface area contributed by atoms with Crippen molar-refractivity contribution in [3.05, 3.63) is 24.0 Å². The molecule has 0 amide bonds. The van der Waals surface area contributed by atoms with Crippen LogP contribution in [-0.4, -0.2) is 22.9 Å². The van der Waals surface area contributed by atoms with Crippen LogP contribution in [0.2, 0.25) is 0 Å². The van der Waals surface area contributed by atoms with E-state index in [-0.39, 0.29) is 0 Å². The van der Waals surface area contributed by atoms with Gasteiger partial charge in [0.05, 0.1) is 0 Å². The molecule has 2 rings (SSSR count). The Hall–Kier alpha value is -0.570. The van der Waals surface area contributed by atoms with Gasteiger partial charge in [0.2, 0.25) is 0 Å². The first-order chi connectivity index (χ1) is 7.68. The van der Waals surface area contributed by atoms with Gasteiger partial charge in [0.15, 0.2) is 0 Å². The van der Waals surface area contributed by atoms with E-state index in [1.807, 2.05) is 13.1 Å². The highest BCUT2D eigenvalue weighted by molar-refractivity contribution is 9.09. The Bertz CT molecular complexity index is 354. The minimum absolute atomic E-state index is 0.621. The second kappa shape index (κ2) is 5.17. The maximum atomic E-state index is 4.25. The predicted molar refractivity (Wildman–Crippen MR) is 72.3 cm³/mol. The largest absolute Gasteiger partial charge is 0.370 e. The first-order valence-electron chi connectivity index (χ1n) is 5.98. The number of aryl methyl sites for hydroxylation is 1. The predicted octanol–water partition coefficient (Wildman–Crippen LogP) is 3.53. The van der Waals surface area contributed by atoms with Gasteiger partial charge in [-0.25, -0.2) is 0 Å². The summed E-state index contributed by atoms with van der Waals surface area (Å²) in [5, 5.41) is 0. The Morgan fingerprint density at radius 2 is 2.12 bits per heavy atom. The molecule has 88 valence electrons. The zero-order valence-electron chi connectivity index (χ0n) is 9.99. The maximum Gasteiger partial charge on any atom is 0.0411 e. The Morgan fingerprint density at radius 3 is 2.81 bits per heavy atom. The Morgan fingerprint density at radius 1 is 1.38 bits per heavy atom. The number of alkyl halides is 1. The fourth-order valence-corrected chi connectivity index (χ4v) is 3.39. The van der Waals surface area contributed by atoms with Gasteiger partial charge in [-0.1, -0.05) is 28.8 Å². The summed E-state index contributed by atoms with van der Waals surface area (Å²) in [6.45, 7) is 2.05. The number of hydrogen-bond acceptors (Lipinski definition) is 2. The SMILES string of the molecule is Cc1cc(N(C)C2CCCCC2Br)ccn1. The average molecular weight is 283 g/mol. The topological polar surface area (TPSA) is 16.1 Å². The summed E-state index contributed by atoms with van der Waals surface area (Å²) in [7, 11) is 2.19. The summed E-state index contributed by atoms with van der Waals surface area (Å²) in [4.78, 5) is 7.27. The Labute approximate surface area is 106 Å². The fraction of sp³-hybridized carbons (Fsp3) is 0.615. The van der Waals surface area contributed by atoms with Crippen LogP contribution in [0.1, 0.15) is 31.4 Å². The maximum absolute atomic E-state index is 4.25. The third-order valence-corrected chi connectivity index (χ3v) is 4.50. The van der Waals surface area contributed by atoms with Crippen LogP contribution in [0, 0.1) is 6.92 Å². The minimum atomic E-state index is 0.621. The normalized spacial score (nSPS) is 25.4. The highest BCUT2D eigenvalue weighted by Crippen LogP contribution is 2.30. The zero-order valence-corrected chi connectivity index (χ0v) is 11.6. The number of nitrogens with zero attached hydrogens (tertiary/aromatic N) is 2. The molecule has 2 nitrogen and oxygen atoms in total. The molecule has 2 atom stereocenters. The van der Waals surface area contributed by atoms with Crippen LogP contribution in [0.5, 0.6) is 0 Å². The molecule has 0 N–H and O–H groups in total. The standard InChI is InChI=1S/C13H19BrN2/c1-10-9-11(7-8-15-10)16(2)13-6-4-3-5-12(13)14/h7-9,12-13H,3-6H2,1-2H3. The molecule has 0 saturated heterocycles. The van der Waals surface area contributed by atoms with Gasteiger partial charge in [-0.2, -0.15) is 0 Å². The average Bonchev–Trinajstić information content (AvgIpc) is 2.29. The summed E-state index contributed by atoms with van der Waals surface area (Å²) in [6.07, 6.45) is 7.18. The van der Waals surface area contributed by atoms with E-state index in [0.717, 1.165) is 5.69 Å². The molecule has 1 aliphatic carbocycles. The van der Waals surface area contributed by atoms with Crippen molar-refractivity contribution in [1.82, 2.24) is 4.98 Å². The molecule has 1 saturated carbocycles. The van der Waals surface area contributed by atoms with Crippen molar-refractivity contribution in [3.8, 4) is 0 Å². The van der Waals surface area contributed by atoms with Crippen LogP contribution in [0.3, 0.4) is 0 Å². The van der Waals surface area contributed by atoms with E-state index < -0.39 is 0 Å². The summed E-state index contributed by atoms with van der Waals surface area (Å²) >= 11 is 3.81. The molecule has 0 radical (unpaired) electrons. The van der Waals surface area contributed by atoms with E-state index >= 15 is 0 Å². The van der Waals surface area contributed by atoms with Gasteiger partial charge in [0.25, 0.3) is 0 Å². The Kier molecular flexibility index (Phi) is 3.85. The molecule has 1 aromatic heterocycles. The van der Waals surface area contributed by atoms with Crippen LogP contribution in [0.4, 0.5) is 5.69 Å². The molecule has 0 aliphatic heterocycles. The first-order valence-corrected chi connectivity index (χ1v) is 6.89. The quantitative estimate of drug-likeness (QED) is 0.772. The summed E-state index contributed by atoms with van der Waals surface area (Å²) < 4.78 is 0. The molecular weight excluding hydrogens is 264 g/mol. The van der Waals surface area contributed by atoms with Gasteiger partial charge in [-0.05, 0) is 31.9 Å². The van der Waals surface area contributed by atoms with Gasteiger partial charge in [-0.3, -0.25) is 4.98 Å². The number of hydrogen-bond donors (Lipinski definition) is 0. The van der Waals surface area contributed by atoms with E-state index in [2.05, 4.69) is 45.0 Å². The molecule has 1 fully saturated rings. The number of anilines is 1. The number of pyridine rings is 1. The van der Waals surface area contributed by atoms with Crippen molar-refractivity contribution in [2.24, 2.45) is 0 Å². The molecule has 1 aromatic rings. The van der Waals surface area contributed by atoms with Crippen LogP contribution < -0.4 is 4.90 Å². The second-order valence-corrected chi connectivity index (χ2v) is 5.81. The molecule has 0 bridgehead atoms. The van der Waals surface area contributed by atoms with Gasteiger partial charge < -0.3 is 4.90 Å². The van der Waals surface area contributed by atoms with Gasteiger partial charge in [0.1, 0.15) is 0 Å². The zero-order chi connectivity index (χ0) is 11.5. The lowest BCUT2D eigenvalue weighted by Gasteiger charge is -2.36. The molecule has 2 unspecified atom stereocenters. The van der Waals surface area contributed by atoms with Gasteiger partial charge >= 0.3 is 0 Å². The lowest BCUT2D eigenvalue weighted by Crippen LogP contribution is -2.40. The third kappa shape index (κ3) is 2.57. The monoisotopic (exact) mass is 282 g/mol. The van der Waals surface area contributed by atoms with Crippen molar-refractivity contribution in [3.63, 3.8) is 0 Å². The van der Waals surface area contributed by atoms with Crippen molar-refractivity contribution in [1.29, 1.82) is 0 Å². The third-order valence-electron chi connectivity index (χ3n) is 3.43. The summed E-state index contributed by atoms with van der Waals surface area (Å²) in [5.74, 6) is 0. The van der Waals surface area contributed by atoms with Crippen molar-refractivity contribution in [2.45, 2.75) is 43.5 Å². The molecular formula is C13H19BrN2. The molecule has 0 aromatic carbocycles. The van der Waals surface area contributed by atoms with Crippen molar-refractivity contribution >= 4 is 21.6 Å². The summed E-state index contributed by atoms with van der Waals surface area (Å²) in [6, 6.07) is 4.88. The molecule has 0 spiro atoms. The fourth-order valence-electron chi connectivity index (χ4n) is 2.44. The second-order valence-electron chi connectivity index (χ2n) is 4.63. The smallest absolute Gasteiger partial charge is 0.0411 e. The lowest BCUT2D eigenvalue weighted by molar-refractivity contribution is 0.444. The van der Waals surface area contributed by atoms with E-state index in [1.54, 1.807) is 0 Å². The molecule has 16 heavy (non-hydrogen) atoms. The van der Waals surface area contributed by atoms with Crippen LogP contribution in [0.15, 0.2) is 18.3 Å². The van der Waals surface area contributed by atoms with E-state index in [4.69, 9.17) is 0 Å². The molecule has 1 aliphatic rings.